The van der Waals surface area contributed by atoms with Crippen LogP contribution in [-0.4, -0.2) is 40.4 Å². The fourth-order valence-corrected chi connectivity index (χ4v) is 2.52. The van der Waals surface area contributed by atoms with Crippen LogP contribution in [0, 0.1) is 6.92 Å². The number of benzene rings is 1. The first kappa shape index (κ1) is 18.4. The molecule has 0 saturated heterocycles. The van der Waals surface area contributed by atoms with E-state index in [9.17, 15) is 4.79 Å². The molecule has 1 N–H and O–H groups in total. The van der Waals surface area contributed by atoms with Crippen LogP contribution in [0.3, 0.4) is 0 Å². The summed E-state index contributed by atoms with van der Waals surface area (Å²) in [5.74, 6) is -0.0149. The molecule has 1 aromatic carbocycles. The van der Waals surface area contributed by atoms with Gasteiger partial charge < -0.3 is 10.2 Å². The minimum Gasteiger partial charge on any atom is -0.326 e. The first-order valence-electron chi connectivity index (χ1n) is 7.97. The zero-order valence-electron chi connectivity index (χ0n) is 14.3. The number of aromatic nitrogens is 2. The first-order valence-corrected chi connectivity index (χ1v) is 8.35. The number of halogens is 1. The molecule has 128 valence electrons. The van der Waals surface area contributed by atoms with Gasteiger partial charge in [-0.2, -0.15) is 0 Å². The summed E-state index contributed by atoms with van der Waals surface area (Å²) in [7, 11) is 2.01. The quantitative estimate of drug-likeness (QED) is 0.835. The molecule has 5 nitrogen and oxygen atoms in total. The summed E-state index contributed by atoms with van der Waals surface area (Å²) < 4.78 is 0. The van der Waals surface area contributed by atoms with Crippen LogP contribution in [0.25, 0.3) is 0 Å². The lowest BCUT2D eigenvalue weighted by Crippen LogP contribution is -2.33. The molecule has 2 aromatic rings. The van der Waals surface area contributed by atoms with Crippen LogP contribution in [0.15, 0.2) is 36.8 Å². The third-order valence-corrected chi connectivity index (χ3v) is 4.52. The highest BCUT2D eigenvalue weighted by atomic mass is 35.5. The molecule has 0 aliphatic carbocycles. The van der Waals surface area contributed by atoms with Gasteiger partial charge in [0.15, 0.2) is 0 Å². The molecular formula is C18H23ClN4O. The van der Waals surface area contributed by atoms with E-state index >= 15 is 0 Å². The van der Waals surface area contributed by atoms with Gasteiger partial charge in [0.1, 0.15) is 0 Å². The number of likely N-dealkylation sites (N-methyl/N-ethyl adjacent to an activating group) is 1. The van der Waals surface area contributed by atoms with Gasteiger partial charge in [-0.25, -0.2) is 0 Å². The number of rotatable bonds is 7. The number of nitrogens with zero attached hydrogens (tertiary/aromatic N) is 3. The molecule has 0 saturated carbocycles. The Kier molecular flexibility index (Phi) is 6.70. The van der Waals surface area contributed by atoms with Gasteiger partial charge in [0.25, 0.3) is 0 Å². The van der Waals surface area contributed by atoms with Gasteiger partial charge in [-0.15, -0.1) is 0 Å². The highest BCUT2D eigenvalue weighted by Crippen LogP contribution is 2.23. The fraction of sp³-hybridized carbons (Fsp3) is 0.389. The van der Waals surface area contributed by atoms with Crippen LogP contribution in [0.2, 0.25) is 5.02 Å². The van der Waals surface area contributed by atoms with Crippen LogP contribution < -0.4 is 5.32 Å². The van der Waals surface area contributed by atoms with Gasteiger partial charge in [0.05, 0.1) is 5.69 Å². The predicted molar refractivity (Wildman–Crippen MR) is 97.3 cm³/mol. The van der Waals surface area contributed by atoms with Crippen molar-refractivity contribution in [1.82, 2.24) is 14.9 Å². The van der Waals surface area contributed by atoms with Crippen LogP contribution in [-0.2, 0) is 11.2 Å². The molecular weight excluding hydrogens is 324 g/mol. The highest BCUT2D eigenvalue weighted by molar-refractivity contribution is 6.31. The number of hydrogen-bond acceptors (Lipinski definition) is 4. The maximum atomic E-state index is 12.2. The molecule has 0 spiro atoms. The Bertz CT molecular complexity index is 678. The number of carbonyl (C=O) groups is 1. The van der Waals surface area contributed by atoms with Crippen LogP contribution >= 0.6 is 11.6 Å². The first-order chi connectivity index (χ1) is 11.5. The number of carbonyl (C=O) groups excluding carboxylic acids is 1. The third kappa shape index (κ3) is 5.28. The van der Waals surface area contributed by atoms with E-state index in [0.717, 1.165) is 23.4 Å². The summed E-state index contributed by atoms with van der Waals surface area (Å²) in [6.45, 7) is 4.69. The molecule has 24 heavy (non-hydrogen) atoms. The lowest BCUT2D eigenvalue weighted by Gasteiger charge is -2.24. The van der Waals surface area contributed by atoms with E-state index in [-0.39, 0.29) is 11.9 Å². The Morgan fingerprint density at radius 2 is 2.17 bits per heavy atom. The lowest BCUT2D eigenvalue weighted by atomic mass is 10.1. The molecule has 0 unspecified atom stereocenters. The smallest absolute Gasteiger partial charge is 0.225 e. The maximum absolute atomic E-state index is 12.2. The number of anilines is 1. The Balaban J connectivity index is 1.81. The average molecular weight is 347 g/mol. The molecule has 0 aliphatic heterocycles. The second kappa shape index (κ2) is 8.76. The van der Waals surface area contributed by atoms with Gasteiger partial charge in [-0.05, 0) is 38.6 Å². The Labute approximate surface area is 148 Å². The summed E-state index contributed by atoms with van der Waals surface area (Å²) in [6.07, 6.45) is 6.37. The minimum atomic E-state index is -0.0149. The van der Waals surface area contributed by atoms with E-state index in [1.165, 1.54) is 0 Å². The van der Waals surface area contributed by atoms with Crippen molar-refractivity contribution >= 4 is 23.2 Å². The van der Waals surface area contributed by atoms with Crippen LogP contribution in [0.1, 0.15) is 24.6 Å². The van der Waals surface area contributed by atoms with E-state index in [1.807, 2.05) is 32.2 Å². The van der Waals surface area contributed by atoms with Gasteiger partial charge in [-0.3, -0.25) is 14.8 Å². The largest absolute Gasteiger partial charge is 0.326 e. The monoisotopic (exact) mass is 346 g/mol. The second-order valence-corrected chi connectivity index (χ2v) is 6.35. The molecule has 1 atom stereocenters. The Morgan fingerprint density at radius 3 is 2.88 bits per heavy atom. The van der Waals surface area contributed by atoms with Crippen LogP contribution in [0.5, 0.6) is 0 Å². The molecule has 1 aromatic heterocycles. The van der Waals surface area contributed by atoms with Crippen molar-refractivity contribution in [3.8, 4) is 0 Å². The van der Waals surface area contributed by atoms with E-state index < -0.39 is 0 Å². The third-order valence-electron chi connectivity index (χ3n) is 4.11. The van der Waals surface area contributed by atoms with Crippen molar-refractivity contribution in [2.45, 2.75) is 32.7 Å². The highest BCUT2D eigenvalue weighted by Gasteiger charge is 2.13. The zero-order valence-corrected chi connectivity index (χ0v) is 15.0. The minimum absolute atomic E-state index is 0.0149. The summed E-state index contributed by atoms with van der Waals surface area (Å²) in [4.78, 5) is 22.7. The van der Waals surface area contributed by atoms with Gasteiger partial charge >= 0.3 is 0 Å². The topological polar surface area (TPSA) is 58.1 Å². The number of hydrogen-bond donors (Lipinski definition) is 1. The van der Waals surface area contributed by atoms with E-state index in [2.05, 4.69) is 27.1 Å². The summed E-state index contributed by atoms with van der Waals surface area (Å²) in [5.41, 5.74) is 2.61. The van der Waals surface area contributed by atoms with Gasteiger partial charge in [-0.1, -0.05) is 17.7 Å². The Morgan fingerprint density at radius 1 is 1.38 bits per heavy atom. The van der Waals surface area contributed by atoms with Crippen molar-refractivity contribution in [2.24, 2.45) is 0 Å². The molecule has 1 heterocycles. The fourth-order valence-electron chi connectivity index (χ4n) is 2.35. The Hall–Kier alpha value is -1.98. The second-order valence-electron chi connectivity index (χ2n) is 5.94. The van der Waals surface area contributed by atoms with Crippen molar-refractivity contribution in [3.63, 3.8) is 0 Å². The number of amides is 1. The predicted octanol–water partition coefficient (Wildman–Crippen LogP) is 3.33. The SMILES string of the molecule is Cc1c(Cl)cccc1NC(=O)CCN(C)[C@@H](C)Cc1cnccn1. The molecule has 0 aliphatic rings. The standard InChI is InChI=1S/C18H23ClN4O/c1-13(11-15-12-20-8-9-21-15)23(3)10-7-18(24)22-17-6-4-5-16(19)14(17)2/h4-6,8-9,12-13H,7,10-11H2,1-3H3,(H,22,24)/t13-/m0/s1. The van der Waals surface area contributed by atoms with E-state index in [1.54, 1.807) is 18.6 Å². The lowest BCUT2D eigenvalue weighted by molar-refractivity contribution is -0.116. The summed E-state index contributed by atoms with van der Waals surface area (Å²) >= 11 is 6.07. The van der Waals surface area contributed by atoms with Crippen molar-refractivity contribution in [2.75, 3.05) is 18.9 Å². The maximum Gasteiger partial charge on any atom is 0.225 e. The molecule has 6 heteroatoms. The van der Waals surface area contributed by atoms with Gasteiger partial charge in [0.2, 0.25) is 5.91 Å². The molecule has 0 bridgehead atoms. The molecule has 0 fully saturated rings. The summed E-state index contributed by atoms with van der Waals surface area (Å²) in [5, 5.41) is 3.58. The molecule has 2 rings (SSSR count). The zero-order chi connectivity index (χ0) is 17.5. The average Bonchev–Trinajstić information content (AvgIpc) is 2.57. The van der Waals surface area contributed by atoms with Crippen molar-refractivity contribution < 1.29 is 4.79 Å². The van der Waals surface area contributed by atoms with E-state index in [0.29, 0.717) is 18.0 Å². The van der Waals surface area contributed by atoms with Gasteiger partial charge in [0, 0.05) is 54.7 Å². The van der Waals surface area contributed by atoms with Crippen LogP contribution in [0.4, 0.5) is 5.69 Å². The van der Waals surface area contributed by atoms with E-state index in [4.69, 9.17) is 11.6 Å². The summed E-state index contributed by atoms with van der Waals surface area (Å²) in [6, 6.07) is 5.79. The van der Waals surface area contributed by atoms with Crippen molar-refractivity contribution in [3.05, 3.63) is 53.1 Å². The molecule has 0 radical (unpaired) electrons. The normalized spacial score (nSPS) is 12.2. The molecule has 1 amide bonds. The number of nitrogens with one attached hydrogen (secondary N) is 1. The van der Waals surface area contributed by atoms with Crippen molar-refractivity contribution in [1.29, 1.82) is 0 Å².